The van der Waals surface area contributed by atoms with Crippen LogP contribution in [-0.2, 0) is 0 Å². The lowest BCUT2D eigenvalue weighted by Crippen LogP contribution is -2.45. The number of nitrogens with one attached hydrogen (secondary N) is 2. The van der Waals surface area contributed by atoms with E-state index in [2.05, 4.69) is 27.5 Å². The third-order valence-corrected chi connectivity index (χ3v) is 4.75. The molecule has 28 heavy (non-hydrogen) atoms. The molecule has 146 valence electrons. The van der Waals surface area contributed by atoms with Gasteiger partial charge >= 0.3 is 0 Å². The Balaban J connectivity index is 1.67. The van der Waals surface area contributed by atoms with Crippen molar-refractivity contribution in [3.8, 4) is 0 Å². The van der Waals surface area contributed by atoms with Crippen LogP contribution >= 0.6 is 12.2 Å². The maximum Gasteiger partial charge on any atom is 0.270 e. The summed E-state index contributed by atoms with van der Waals surface area (Å²) in [7, 11) is 2.10. The third kappa shape index (κ3) is 4.81. The zero-order valence-electron chi connectivity index (χ0n) is 15.4. The summed E-state index contributed by atoms with van der Waals surface area (Å²) in [5.74, 6) is -0.502. The van der Waals surface area contributed by atoms with Crippen molar-refractivity contribution >= 4 is 40.3 Å². The fourth-order valence-electron chi connectivity index (χ4n) is 2.99. The summed E-state index contributed by atoms with van der Waals surface area (Å²) in [4.78, 5) is 27.2. The number of thiocarbonyl (C=S) groups is 1. The Morgan fingerprint density at radius 1 is 1.11 bits per heavy atom. The maximum absolute atomic E-state index is 12.4. The number of nitro groups is 1. The predicted octanol–water partition coefficient (Wildman–Crippen LogP) is 2.47. The second-order valence-electron chi connectivity index (χ2n) is 6.52. The number of likely N-dealkylation sites (N-methyl/N-ethyl adjacent to an activating group) is 1. The second-order valence-corrected chi connectivity index (χ2v) is 6.93. The van der Waals surface area contributed by atoms with Gasteiger partial charge in [0.25, 0.3) is 11.6 Å². The molecule has 1 aliphatic heterocycles. The van der Waals surface area contributed by atoms with Crippen molar-refractivity contribution in [3.05, 3.63) is 64.2 Å². The van der Waals surface area contributed by atoms with Gasteiger partial charge in [-0.1, -0.05) is 18.2 Å². The van der Waals surface area contributed by atoms with Gasteiger partial charge in [0.15, 0.2) is 5.11 Å². The molecule has 0 saturated carbocycles. The standard InChI is InChI=1S/C19H21N5O3S/c1-22-9-11-23(12-10-22)17-8-3-2-7-16(17)20-19(28)21-18(25)14-5-4-6-15(13-14)24(26)27/h2-8,13H,9-12H2,1H3,(H2,20,21,25,28). The van der Waals surface area contributed by atoms with Crippen LogP contribution in [-0.4, -0.2) is 54.1 Å². The number of nitro benzene ring substituents is 1. The molecule has 1 aliphatic rings. The second kappa shape index (κ2) is 8.77. The minimum absolute atomic E-state index is 0.137. The Labute approximate surface area is 168 Å². The Morgan fingerprint density at radius 3 is 2.54 bits per heavy atom. The van der Waals surface area contributed by atoms with Crippen molar-refractivity contribution in [2.24, 2.45) is 0 Å². The Hall–Kier alpha value is -3.04. The number of rotatable bonds is 4. The fraction of sp³-hybridized carbons (Fsp3) is 0.263. The van der Waals surface area contributed by atoms with Gasteiger partial charge in [0.05, 0.1) is 16.3 Å². The Kier molecular flexibility index (Phi) is 6.17. The lowest BCUT2D eigenvalue weighted by molar-refractivity contribution is -0.384. The highest BCUT2D eigenvalue weighted by atomic mass is 32.1. The SMILES string of the molecule is CN1CCN(c2ccccc2NC(=S)NC(=O)c2cccc([N+](=O)[O-])c2)CC1. The number of carbonyl (C=O) groups excluding carboxylic acids is 1. The van der Waals surface area contributed by atoms with Gasteiger partial charge < -0.3 is 15.1 Å². The molecule has 0 bridgehead atoms. The van der Waals surface area contributed by atoms with Crippen molar-refractivity contribution in [1.29, 1.82) is 0 Å². The number of benzene rings is 2. The monoisotopic (exact) mass is 399 g/mol. The lowest BCUT2D eigenvalue weighted by atomic mass is 10.2. The topological polar surface area (TPSA) is 90.8 Å². The van der Waals surface area contributed by atoms with Crippen LogP contribution in [0.5, 0.6) is 0 Å². The van der Waals surface area contributed by atoms with Gasteiger partial charge in [-0.2, -0.15) is 0 Å². The van der Waals surface area contributed by atoms with Gasteiger partial charge in [0.1, 0.15) is 0 Å². The molecule has 2 aromatic rings. The highest BCUT2D eigenvalue weighted by molar-refractivity contribution is 7.80. The summed E-state index contributed by atoms with van der Waals surface area (Å²) in [6.45, 7) is 3.76. The molecule has 2 N–H and O–H groups in total. The number of para-hydroxylation sites is 2. The number of piperazine rings is 1. The van der Waals surface area contributed by atoms with E-state index in [-0.39, 0.29) is 16.4 Å². The first-order chi connectivity index (χ1) is 13.4. The van der Waals surface area contributed by atoms with Gasteiger partial charge in [-0.25, -0.2) is 0 Å². The molecule has 1 heterocycles. The number of amides is 1. The van der Waals surface area contributed by atoms with Crippen LogP contribution in [0.3, 0.4) is 0 Å². The van der Waals surface area contributed by atoms with Crippen LogP contribution in [0.2, 0.25) is 0 Å². The molecule has 2 aromatic carbocycles. The molecule has 0 radical (unpaired) electrons. The molecule has 9 heteroatoms. The van der Waals surface area contributed by atoms with E-state index < -0.39 is 10.8 Å². The largest absolute Gasteiger partial charge is 0.367 e. The predicted molar refractivity (Wildman–Crippen MR) is 113 cm³/mol. The van der Waals surface area contributed by atoms with Gasteiger partial charge in [-0.05, 0) is 37.5 Å². The normalized spacial score (nSPS) is 14.4. The van der Waals surface area contributed by atoms with Crippen LogP contribution < -0.4 is 15.5 Å². The molecule has 0 unspecified atom stereocenters. The molecule has 0 atom stereocenters. The van der Waals surface area contributed by atoms with E-state index in [1.807, 2.05) is 24.3 Å². The van der Waals surface area contributed by atoms with Gasteiger partial charge in [-0.15, -0.1) is 0 Å². The molecular weight excluding hydrogens is 378 g/mol. The fourth-order valence-corrected chi connectivity index (χ4v) is 3.19. The van der Waals surface area contributed by atoms with E-state index in [0.717, 1.165) is 37.6 Å². The van der Waals surface area contributed by atoms with E-state index in [1.54, 1.807) is 0 Å². The van der Waals surface area contributed by atoms with Crippen molar-refractivity contribution in [3.63, 3.8) is 0 Å². The van der Waals surface area contributed by atoms with Crippen LogP contribution in [0, 0.1) is 10.1 Å². The average molecular weight is 399 g/mol. The quantitative estimate of drug-likeness (QED) is 0.464. The first kappa shape index (κ1) is 19.7. The molecule has 1 fully saturated rings. The van der Waals surface area contributed by atoms with Gasteiger partial charge in [0, 0.05) is 43.9 Å². The minimum Gasteiger partial charge on any atom is -0.367 e. The molecule has 0 aromatic heterocycles. The van der Waals surface area contributed by atoms with Crippen LogP contribution in [0.15, 0.2) is 48.5 Å². The Morgan fingerprint density at radius 2 is 1.82 bits per heavy atom. The van der Waals surface area contributed by atoms with E-state index in [4.69, 9.17) is 12.2 Å². The first-order valence-electron chi connectivity index (χ1n) is 8.83. The smallest absolute Gasteiger partial charge is 0.270 e. The summed E-state index contributed by atoms with van der Waals surface area (Å²) in [5, 5.41) is 16.7. The molecular formula is C19H21N5O3S. The molecule has 8 nitrogen and oxygen atoms in total. The summed E-state index contributed by atoms with van der Waals surface area (Å²) in [5.41, 5.74) is 1.84. The van der Waals surface area contributed by atoms with Crippen molar-refractivity contribution in [1.82, 2.24) is 10.2 Å². The molecule has 0 spiro atoms. The van der Waals surface area contributed by atoms with Crippen LogP contribution in [0.4, 0.5) is 17.1 Å². The highest BCUT2D eigenvalue weighted by Gasteiger charge is 2.18. The van der Waals surface area contributed by atoms with E-state index in [9.17, 15) is 14.9 Å². The zero-order valence-corrected chi connectivity index (χ0v) is 16.2. The van der Waals surface area contributed by atoms with E-state index in [0.29, 0.717) is 0 Å². The first-order valence-corrected chi connectivity index (χ1v) is 9.24. The zero-order chi connectivity index (χ0) is 20.1. The summed E-state index contributed by atoms with van der Waals surface area (Å²) < 4.78 is 0. The number of nitrogens with zero attached hydrogens (tertiary/aromatic N) is 3. The third-order valence-electron chi connectivity index (χ3n) is 4.54. The van der Waals surface area contributed by atoms with Crippen molar-refractivity contribution in [2.45, 2.75) is 0 Å². The highest BCUT2D eigenvalue weighted by Crippen LogP contribution is 2.26. The number of carbonyl (C=O) groups is 1. The molecule has 1 saturated heterocycles. The molecule has 0 aliphatic carbocycles. The maximum atomic E-state index is 12.4. The van der Waals surface area contributed by atoms with E-state index >= 15 is 0 Å². The van der Waals surface area contributed by atoms with Crippen LogP contribution in [0.1, 0.15) is 10.4 Å². The Bertz CT molecular complexity index is 897. The van der Waals surface area contributed by atoms with Crippen molar-refractivity contribution in [2.75, 3.05) is 43.4 Å². The van der Waals surface area contributed by atoms with Crippen LogP contribution in [0.25, 0.3) is 0 Å². The summed E-state index contributed by atoms with van der Waals surface area (Å²) in [6, 6.07) is 13.3. The molecule has 1 amide bonds. The summed E-state index contributed by atoms with van der Waals surface area (Å²) in [6.07, 6.45) is 0. The number of anilines is 2. The summed E-state index contributed by atoms with van der Waals surface area (Å²) >= 11 is 5.27. The number of hydrogen-bond donors (Lipinski definition) is 2. The van der Waals surface area contributed by atoms with E-state index in [1.165, 1.54) is 24.3 Å². The van der Waals surface area contributed by atoms with Gasteiger partial charge in [0.2, 0.25) is 0 Å². The minimum atomic E-state index is -0.542. The van der Waals surface area contributed by atoms with Gasteiger partial charge in [-0.3, -0.25) is 20.2 Å². The van der Waals surface area contributed by atoms with Crippen molar-refractivity contribution < 1.29 is 9.72 Å². The average Bonchev–Trinajstić information content (AvgIpc) is 2.69. The number of hydrogen-bond acceptors (Lipinski definition) is 6. The lowest BCUT2D eigenvalue weighted by Gasteiger charge is -2.35. The molecule has 3 rings (SSSR count). The number of non-ortho nitro benzene ring substituents is 1.